The Kier molecular flexibility index (Phi) is 3.66. The Morgan fingerprint density at radius 3 is 2.89 bits per heavy atom. The van der Waals surface area contributed by atoms with Crippen LogP contribution in [0.15, 0.2) is 22.6 Å². The molecular formula is C12H15N3O3S. The first-order valence-electron chi connectivity index (χ1n) is 5.75. The molecule has 0 spiro atoms. The van der Waals surface area contributed by atoms with Gasteiger partial charge in [-0.15, -0.1) is 0 Å². The number of fused-ring (bicyclic) bond motifs is 1. The van der Waals surface area contributed by atoms with Gasteiger partial charge in [0, 0.05) is 17.4 Å². The molecule has 0 unspecified atom stereocenters. The Bertz CT molecular complexity index is 609. The molecule has 1 aromatic carbocycles. The Balaban J connectivity index is 2.20. The van der Waals surface area contributed by atoms with E-state index in [0.717, 1.165) is 0 Å². The van der Waals surface area contributed by atoms with E-state index in [-0.39, 0.29) is 10.4 Å². The fourth-order valence-corrected chi connectivity index (χ4v) is 1.68. The third kappa shape index (κ3) is 3.17. The lowest BCUT2D eigenvalue weighted by atomic mass is 10.2. The van der Waals surface area contributed by atoms with Crippen LogP contribution in [0.3, 0.4) is 0 Å². The van der Waals surface area contributed by atoms with Crippen molar-refractivity contribution in [2.75, 3.05) is 18.1 Å². The Labute approximate surface area is 114 Å². The molecule has 7 heteroatoms. The van der Waals surface area contributed by atoms with Gasteiger partial charge in [-0.3, -0.25) is 10.1 Å². The van der Waals surface area contributed by atoms with Crippen molar-refractivity contribution < 1.29 is 9.34 Å². The lowest BCUT2D eigenvalue weighted by molar-refractivity contribution is -0.384. The van der Waals surface area contributed by atoms with Crippen molar-refractivity contribution in [1.82, 2.24) is 4.98 Å². The third-order valence-electron chi connectivity index (χ3n) is 2.80. The highest BCUT2D eigenvalue weighted by Gasteiger charge is 2.17. The number of hydrogen-bond donors (Lipinski definition) is 1. The van der Waals surface area contributed by atoms with Crippen LogP contribution >= 0.6 is 11.8 Å². The molecule has 1 N–H and O–H groups in total. The number of non-ortho nitro benzene ring substituents is 1. The van der Waals surface area contributed by atoms with Gasteiger partial charge in [0.05, 0.1) is 11.0 Å². The number of nitrogens with zero attached hydrogens (tertiary/aromatic N) is 2. The van der Waals surface area contributed by atoms with Crippen LogP contribution in [0.1, 0.15) is 13.8 Å². The van der Waals surface area contributed by atoms with Gasteiger partial charge < -0.3 is 9.73 Å². The van der Waals surface area contributed by atoms with Crippen molar-refractivity contribution in [3.63, 3.8) is 0 Å². The minimum Gasteiger partial charge on any atom is -0.423 e. The highest BCUT2D eigenvalue weighted by atomic mass is 32.2. The first-order chi connectivity index (χ1) is 8.91. The van der Waals surface area contributed by atoms with Gasteiger partial charge in [0.1, 0.15) is 5.52 Å². The molecule has 0 aliphatic carbocycles. The molecule has 0 bridgehead atoms. The van der Waals surface area contributed by atoms with Gasteiger partial charge in [-0.25, -0.2) is 0 Å². The molecule has 0 amide bonds. The van der Waals surface area contributed by atoms with E-state index in [1.165, 1.54) is 12.1 Å². The van der Waals surface area contributed by atoms with Crippen LogP contribution in [-0.2, 0) is 0 Å². The van der Waals surface area contributed by atoms with Crippen molar-refractivity contribution in [1.29, 1.82) is 0 Å². The predicted octanol–water partition coefficient (Wildman–Crippen LogP) is 3.29. The van der Waals surface area contributed by atoms with Gasteiger partial charge in [0.15, 0.2) is 5.58 Å². The van der Waals surface area contributed by atoms with E-state index in [0.29, 0.717) is 23.7 Å². The van der Waals surface area contributed by atoms with Gasteiger partial charge >= 0.3 is 0 Å². The molecule has 19 heavy (non-hydrogen) atoms. The zero-order valence-electron chi connectivity index (χ0n) is 11.0. The second-order valence-electron chi connectivity index (χ2n) is 4.75. The van der Waals surface area contributed by atoms with E-state index < -0.39 is 4.92 Å². The molecule has 2 rings (SSSR count). The molecule has 1 aromatic heterocycles. The summed E-state index contributed by atoms with van der Waals surface area (Å²) in [7, 11) is 0. The van der Waals surface area contributed by atoms with E-state index in [1.54, 1.807) is 17.8 Å². The monoisotopic (exact) mass is 281 g/mol. The molecule has 0 radical (unpaired) electrons. The number of nitro groups is 1. The quantitative estimate of drug-likeness (QED) is 0.669. The summed E-state index contributed by atoms with van der Waals surface area (Å²) in [6, 6.07) is 4.77. The van der Waals surface area contributed by atoms with E-state index >= 15 is 0 Å². The molecular weight excluding hydrogens is 266 g/mol. The van der Waals surface area contributed by atoms with E-state index in [2.05, 4.69) is 24.1 Å². The lowest BCUT2D eigenvalue weighted by Crippen LogP contribution is -2.25. The van der Waals surface area contributed by atoms with Crippen LogP contribution in [-0.4, -0.2) is 27.5 Å². The molecule has 2 aromatic rings. The summed E-state index contributed by atoms with van der Waals surface area (Å²) in [5.41, 5.74) is 1.02. The molecule has 0 aliphatic heterocycles. The number of nitro benzene ring substituents is 1. The normalized spacial score (nSPS) is 11.7. The minimum atomic E-state index is -0.452. The number of aromatic nitrogens is 1. The van der Waals surface area contributed by atoms with Crippen molar-refractivity contribution in [2.45, 2.75) is 18.6 Å². The standard InChI is InChI=1S/C12H15N3O3S/c1-12(2,19-3)7-13-11-14-9-5-4-8(15(16)17)6-10(9)18-11/h4-6H,7H2,1-3H3,(H,13,14). The van der Waals surface area contributed by atoms with Crippen LogP contribution in [0.2, 0.25) is 0 Å². The number of benzene rings is 1. The maximum absolute atomic E-state index is 10.7. The summed E-state index contributed by atoms with van der Waals surface area (Å²) in [5.74, 6) is 0. The third-order valence-corrected chi connectivity index (χ3v) is 4.05. The second kappa shape index (κ2) is 5.08. The number of oxazole rings is 1. The molecule has 0 saturated heterocycles. The fourth-order valence-electron chi connectivity index (χ4n) is 1.46. The Morgan fingerprint density at radius 2 is 2.26 bits per heavy atom. The average Bonchev–Trinajstić information content (AvgIpc) is 2.78. The minimum absolute atomic E-state index is 0.000330. The zero-order valence-corrected chi connectivity index (χ0v) is 11.8. The summed E-state index contributed by atoms with van der Waals surface area (Å²) in [4.78, 5) is 14.5. The fraction of sp³-hybridized carbons (Fsp3) is 0.417. The second-order valence-corrected chi connectivity index (χ2v) is 6.26. The van der Waals surface area contributed by atoms with Crippen LogP contribution in [0, 0.1) is 10.1 Å². The maximum atomic E-state index is 10.7. The summed E-state index contributed by atoms with van der Waals surface area (Å²) in [6.07, 6.45) is 2.04. The maximum Gasteiger partial charge on any atom is 0.295 e. The first kappa shape index (κ1) is 13.7. The molecule has 1 heterocycles. The molecule has 102 valence electrons. The topological polar surface area (TPSA) is 81.2 Å². The van der Waals surface area contributed by atoms with Crippen molar-refractivity contribution in [3.05, 3.63) is 28.3 Å². The molecule has 0 aliphatic rings. The Morgan fingerprint density at radius 1 is 1.53 bits per heavy atom. The number of nitrogens with one attached hydrogen (secondary N) is 1. The summed E-state index contributed by atoms with van der Waals surface area (Å²) in [5, 5.41) is 13.8. The van der Waals surface area contributed by atoms with Gasteiger partial charge in [0.2, 0.25) is 0 Å². The average molecular weight is 281 g/mol. The number of thioether (sulfide) groups is 1. The molecule has 6 nitrogen and oxygen atoms in total. The summed E-state index contributed by atoms with van der Waals surface area (Å²) < 4.78 is 5.52. The number of anilines is 1. The lowest BCUT2D eigenvalue weighted by Gasteiger charge is -2.21. The first-order valence-corrected chi connectivity index (χ1v) is 6.98. The van der Waals surface area contributed by atoms with E-state index in [4.69, 9.17) is 4.42 Å². The molecule has 0 fully saturated rings. The Hall–Kier alpha value is -1.76. The van der Waals surface area contributed by atoms with Gasteiger partial charge in [0.25, 0.3) is 11.7 Å². The van der Waals surface area contributed by atoms with Crippen LogP contribution in [0.4, 0.5) is 11.7 Å². The van der Waals surface area contributed by atoms with Crippen molar-refractivity contribution in [2.24, 2.45) is 0 Å². The van der Waals surface area contributed by atoms with Crippen molar-refractivity contribution in [3.8, 4) is 0 Å². The highest BCUT2D eigenvalue weighted by Crippen LogP contribution is 2.25. The smallest absolute Gasteiger partial charge is 0.295 e. The van der Waals surface area contributed by atoms with Crippen LogP contribution in [0.5, 0.6) is 0 Å². The van der Waals surface area contributed by atoms with Crippen LogP contribution < -0.4 is 5.32 Å². The van der Waals surface area contributed by atoms with Gasteiger partial charge in [-0.05, 0) is 26.2 Å². The summed E-state index contributed by atoms with van der Waals surface area (Å²) >= 11 is 1.74. The largest absolute Gasteiger partial charge is 0.423 e. The SMILES string of the molecule is CSC(C)(C)CNc1nc2ccc([N+](=O)[O-])cc2o1. The van der Waals surface area contributed by atoms with E-state index in [9.17, 15) is 10.1 Å². The molecule has 0 saturated carbocycles. The predicted molar refractivity (Wildman–Crippen MR) is 76.7 cm³/mol. The van der Waals surface area contributed by atoms with Crippen molar-refractivity contribution >= 4 is 34.6 Å². The number of rotatable bonds is 5. The highest BCUT2D eigenvalue weighted by molar-refractivity contribution is 7.99. The van der Waals surface area contributed by atoms with Crippen LogP contribution in [0.25, 0.3) is 11.1 Å². The van der Waals surface area contributed by atoms with E-state index in [1.807, 2.05) is 6.26 Å². The van der Waals surface area contributed by atoms with Gasteiger partial charge in [-0.1, -0.05) is 0 Å². The van der Waals surface area contributed by atoms with Gasteiger partial charge in [-0.2, -0.15) is 16.7 Å². The molecule has 0 atom stereocenters. The number of hydrogen-bond acceptors (Lipinski definition) is 6. The summed E-state index contributed by atoms with van der Waals surface area (Å²) in [6.45, 7) is 4.92. The zero-order chi connectivity index (χ0) is 14.0.